The summed E-state index contributed by atoms with van der Waals surface area (Å²) in [5, 5.41) is 7.12. The van der Waals surface area contributed by atoms with Gasteiger partial charge in [-0.3, -0.25) is 4.90 Å². The molecule has 2 atom stereocenters. The fourth-order valence-corrected chi connectivity index (χ4v) is 3.14. The highest BCUT2D eigenvalue weighted by Crippen LogP contribution is 2.33. The third kappa shape index (κ3) is 6.32. The molecule has 2 fully saturated rings. The number of hydrogen-bond acceptors (Lipinski definition) is 3. The van der Waals surface area contributed by atoms with Gasteiger partial charge in [-0.15, -0.1) is 0 Å². The van der Waals surface area contributed by atoms with Gasteiger partial charge in [0.05, 0.1) is 6.10 Å². The zero-order chi connectivity index (χ0) is 18.4. The molecule has 4 nitrogen and oxygen atoms in total. The summed E-state index contributed by atoms with van der Waals surface area (Å²) in [7, 11) is 1.86. The number of nitrogens with zero attached hydrogens (tertiary/aromatic N) is 1. The van der Waals surface area contributed by atoms with Crippen molar-refractivity contribution in [3.05, 3.63) is 35.9 Å². The van der Waals surface area contributed by atoms with Gasteiger partial charge in [0.25, 0.3) is 0 Å². The van der Waals surface area contributed by atoms with Gasteiger partial charge >= 0.3 is 12.1 Å². The van der Waals surface area contributed by atoms with Gasteiger partial charge < -0.3 is 9.84 Å². The first-order chi connectivity index (χ1) is 11.8. The lowest BCUT2D eigenvalue weighted by Gasteiger charge is -2.27. The first kappa shape index (κ1) is 19.7. The maximum atomic E-state index is 10.6. The SMILES string of the molecule is CO[C@@H]1CCN(CC2CC2)[C@H]1Cc1ccccc1.O=C(O)C(F)(F)F. The predicted octanol–water partition coefficient (Wildman–Crippen LogP) is 3.36. The van der Waals surface area contributed by atoms with Crippen LogP contribution >= 0.6 is 0 Å². The molecule has 0 bridgehead atoms. The predicted molar refractivity (Wildman–Crippen MR) is 87.3 cm³/mol. The van der Waals surface area contributed by atoms with Gasteiger partial charge in [-0.05, 0) is 37.2 Å². The molecule has 1 saturated heterocycles. The molecule has 2 aliphatic rings. The van der Waals surface area contributed by atoms with Crippen molar-refractivity contribution in [3.8, 4) is 0 Å². The van der Waals surface area contributed by atoms with Crippen molar-refractivity contribution in [2.24, 2.45) is 5.92 Å². The van der Waals surface area contributed by atoms with Crippen molar-refractivity contribution < 1.29 is 27.8 Å². The average molecular weight is 359 g/mol. The Morgan fingerprint density at radius 1 is 1.24 bits per heavy atom. The number of methoxy groups -OCH3 is 1. The summed E-state index contributed by atoms with van der Waals surface area (Å²) in [6.07, 6.45) is 0.537. The van der Waals surface area contributed by atoms with Gasteiger partial charge in [-0.25, -0.2) is 4.79 Å². The van der Waals surface area contributed by atoms with E-state index in [2.05, 4.69) is 35.2 Å². The Morgan fingerprint density at radius 3 is 2.32 bits per heavy atom. The van der Waals surface area contributed by atoms with E-state index >= 15 is 0 Å². The van der Waals surface area contributed by atoms with Crippen LogP contribution in [0.1, 0.15) is 24.8 Å². The highest BCUT2D eigenvalue weighted by Gasteiger charge is 2.38. The Kier molecular flexibility index (Phi) is 6.84. The van der Waals surface area contributed by atoms with Crippen LogP contribution in [-0.4, -0.2) is 54.5 Å². The van der Waals surface area contributed by atoms with Crippen molar-refractivity contribution in [2.75, 3.05) is 20.2 Å². The smallest absolute Gasteiger partial charge is 0.475 e. The molecule has 1 aromatic carbocycles. The zero-order valence-electron chi connectivity index (χ0n) is 14.2. The van der Waals surface area contributed by atoms with Crippen molar-refractivity contribution in [1.29, 1.82) is 0 Å². The van der Waals surface area contributed by atoms with E-state index in [1.54, 1.807) is 0 Å². The molecule has 0 radical (unpaired) electrons. The lowest BCUT2D eigenvalue weighted by molar-refractivity contribution is -0.192. The highest BCUT2D eigenvalue weighted by atomic mass is 19.4. The summed E-state index contributed by atoms with van der Waals surface area (Å²) in [6.45, 7) is 2.50. The molecule has 7 heteroatoms. The molecule has 3 rings (SSSR count). The van der Waals surface area contributed by atoms with Crippen LogP contribution < -0.4 is 0 Å². The van der Waals surface area contributed by atoms with E-state index in [4.69, 9.17) is 14.6 Å². The summed E-state index contributed by atoms with van der Waals surface area (Å²) in [4.78, 5) is 11.6. The maximum Gasteiger partial charge on any atom is 0.490 e. The van der Waals surface area contributed by atoms with Crippen LogP contribution in [0, 0.1) is 5.92 Å². The van der Waals surface area contributed by atoms with Crippen molar-refractivity contribution in [3.63, 3.8) is 0 Å². The van der Waals surface area contributed by atoms with Gasteiger partial charge in [-0.2, -0.15) is 13.2 Å². The van der Waals surface area contributed by atoms with Crippen molar-refractivity contribution in [2.45, 2.75) is 44.0 Å². The number of ether oxygens (including phenoxy) is 1. The van der Waals surface area contributed by atoms with E-state index in [-0.39, 0.29) is 0 Å². The highest BCUT2D eigenvalue weighted by molar-refractivity contribution is 5.73. The molecule has 1 N–H and O–H groups in total. The van der Waals surface area contributed by atoms with Crippen LogP contribution in [0.3, 0.4) is 0 Å². The summed E-state index contributed by atoms with van der Waals surface area (Å²) in [6, 6.07) is 11.4. The largest absolute Gasteiger partial charge is 0.490 e. The van der Waals surface area contributed by atoms with Crippen LogP contribution in [0.25, 0.3) is 0 Å². The van der Waals surface area contributed by atoms with E-state index in [0.29, 0.717) is 12.1 Å². The monoisotopic (exact) mass is 359 g/mol. The lowest BCUT2D eigenvalue weighted by Crippen LogP contribution is -2.38. The first-order valence-corrected chi connectivity index (χ1v) is 8.42. The molecule has 1 aliphatic carbocycles. The van der Waals surface area contributed by atoms with Gasteiger partial charge in [0.1, 0.15) is 0 Å². The third-order valence-electron chi connectivity index (χ3n) is 4.62. The number of benzene rings is 1. The number of aliphatic carboxylic acids is 1. The number of carboxylic acids is 1. The quantitative estimate of drug-likeness (QED) is 0.876. The lowest BCUT2D eigenvalue weighted by atomic mass is 10.0. The Hall–Kier alpha value is -1.60. The minimum Gasteiger partial charge on any atom is -0.475 e. The Balaban J connectivity index is 0.000000277. The first-order valence-electron chi connectivity index (χ1n) is 8.42. The summed E-state index contributed by atoms with van der Waals surface area (Å²) >= 11 is 0. The van der Waals surface area contributed by atoms with Crippen molar-refractivity contribution >= 4 is 5.97 Å². The Labute approximate surface area is 145 Å². The summed E-state index contributed by atoms with van der Waals surface area (Å²) < 4.78 is 37.4. The molecule has 1 aliphatic heterocycles. The zero-order valence-corrected chi connectivity index (χ0v) is 14.2. The van der Waals surface area contributed by atoms with Gasteiger partial charge in [-0.1, -0.05) is 30.3 Å². The number of alkyl halides is 3. The normalized spacial score (nSPS) is 23.8. The van der Waals surface area contributed by atoms with Gasteiger partial charge in [0, 0.05) is 26.2 Å². The fraction of sp³-hybridized carbons (Fsp3) is 0.611. The van der Waals surface area contributed by atoms with E-state index in [1.165, 1.54) is 37.9 Å². The number of carbonyl (C=O) groups is 1. The van der Waals surface area contributed by atoms with Crippen LogP contribution in [0.15, 0.2) is 30.3 Å². The summed E-state index contributed by atoms with van der Waals surface area (Å²) in [5.41, 5.74) is 1.44. The molecule has 25 heavy (non-hydrogen) atoms. The van der Waals surface area contributed by atoms with Gasteiger partial charge in [0.2, 0.25) is 0 Å². The third-order valence-corrected chi connectivity index (χ3v) is 4.62. The topological polar surface area (TPSA) is 49.8 Å². The second-order valence-electron chi connectivity index (χ2n) is 6.56. The van der Waals surface area contributed by atoms with Crippen LogP contribution in [0.4, 0.5) is 13.2 Å². The van der Waals surface area contributed by atoms with E-state index in [1.807, 2.05) is 7.11 Å². The average Bonchev–Trinajstić information content (AvgIpc) is 3.30. The molecule has 1 aromatic rings. The molecule has 140 valence electrons. The molecule has 0 aromatic heterocycles. The van der Waals surface area contributed by atoms with Crippen LogP contribution in [0.2, 0.25) is 0 Å². The molecule has 0 unspecified atom stereocenters. The molecular formula is C18H24F3NO3. The molecule has 1 saturated carbocycles. The number of carboxylic acid groups (broad SMARTS) is 1. The number of hydrogen-bond donors (Lipinski definition) is 1. The van der Waals surface area contributed by atoms with Crippen LogP contribution in [0.5, 0.6) is 0 Å². The van der Waals surface area contributed by atoms with Crippen LogP contribution in [-0.2, 0) is 16.0 Å². The molecule has 0 spiro atoms. The number of rotatable bonds is 5. The number of halogens is 3. The van der Waals surface area contributed by atoms with E-state index in [0.717, 1.165) is 12.3 Å². The molecule has 1 heterocycles. The second kappa shape index (κ2) is 8.67. The Bertz CT molecular complexity index is 546. The fourth-order valence-electron chi connectivity index (χ4n) is 3.14. The van der Waals surface area contributed by atoms with E-state index < -0.39 is 12.1 Å². The standard InChI is InChI=1S/C16H23NO.C2HF3O2/c1-18-16-9-10-17(12-14-7-8-14)15(16)11-13-5-3-2-4-6-13;3-2(4,5)1(6)7/h2-6,14-16H,7-12H2,1H3;(H,6,7)/t15-,16+;/m0./s1. The summed E-state index contributed by atoms with van der Waals surface area (Å²) in [5.74, 6) is -1.79. The molecular weight excluding hydrogens is 335 g/mol. The molecule has 0 amide bonds. The number of likely N-dealkylation sites (tertiary alicyclic amines) is 1. The van der Waals surface area contributed by atoms with Gasteiger partial charge in [0.15, 0.2) is 0 Å². The van der Waals surface area contributed by atoms with Crippen molar-refractivity contribution in [1.82, 2.24) is 4.90 Å². The Morgan fingerprint density at radius 2 is 1.84 bits per heavy atom. The minimum atomic E-state index is -5.08. The van der Waals surface area contributed by atoms with E-state index in [9.17, 15) is 13.2 Å². The maximum absolute atomic E-state index is 10.6. The second-order valence-corrected chi connectivity index (χ2v) is 6.56. The minimum absolute atomic E-state index is 0.420.